The van der Waals surface area contributed by atoms with Crippen molar-refractivity contribution in [3.8, 4) is 10.6 Å². The Bertz CT molecular complexity index is 639. The van der Waals surface area contributed by atoms with E-state index in [0.717, 1.165) is 25.1 Å². The molecule has 1 aliphatic heterocycles. The van der Waals surface area contributed by atoms with Gasteiger partial charge in [0.2, 0.25) is 0 Å². The number of aromatic nitrogens is 2. The average molecular weight is 333 g/mol. The van der Waals surface area contributed by atoms with Gasteiger partial charge in [-0.1, -0.05) is 6.07 Å². The molecule has 3 heterocycles. The molecule has 0 amide bonds. The fourth-order valence-corrected chi connectivity index (χ4v) is 4.75. The Morgan fingerprint density at radius 1 is 1.30 bits per heavy atom. The third kappa shape index (κ3) is 4.03. The molecule has 2 aromatic heterocycles. The van der Waals surface area contributed by atoms with E-state index in [4.69, 9.17) is 0 Å². The minimum Gasteiger partial charge on any atom is -0.310 e. The largest absolute Gasteiger partial charge is 0.310 e. The molecule has 4 nitrogen and oxygen atoms in total. The van der Waals surface area contributed by atoms with E-state index in [0.29, 0.717) is 6.04 Å². The summed E-state index contributed by atoms with van der Waals surface area (Å²) in [4.78, 5) is 1.24. The van der Waals surface area contributed by atoms with Crippen molar-refractivity contribution in [1.29, 1.82) is 0 Å². The number of aryl methyl sites for hydroxylation is 1. The molecule has 0 unspecified atom stereocenters. The van der Waals surface area contributed by atoms with E-state index in [-0.39, 0.29) is 11.1 Å². The first-order valence-electron chi connectivity index (χ1n) is 8.33. The average Bonchev–Trinajstić information content (AvgIpc) is 3.01. The lowest BCUT2D eigenvalue weighted by Gasteiger charge is -2.46. The summed E-state index contributed by atoms with van der Waals surface area (Å²) in [7, 11) is 2.00. The number of hydrogen-bond donors (Lipinski definition) is 2. The summed E-state index contributed by atoms with van der Waals surface area (Å²) in [6.45, 7) is 10.1. The Morgan fingerprint density at radius 2 is 2.00 bits per heavy atom. The number of hydrogen-bond acceptors (Lipinski definition) is 4. The Labute approximate surface area is 143 Å². The quantitative estimate of drug-likeness (QED) is 0.900. The Balaban J connectivity index is 1.72. The predicted molar refractivity (Wildman–Crippen MR) is 97.7 cm³/mol. The molecule has 0 spiro atoms. The fourth-order valence-electron chi connectivity index (χ4n) is 4.01. The minimum atomic E-state index is 0.172. The predicted octanol–water partition coefficient (Wildman–Crippen LogP) is 3.55. The highest BCUT2D eigenvalue weighted by Gasteiger charge is 2.37. The second-order valence-corrected chi connectivity index (χ2v) is 8.98. The van der Waals surface area contributed by atoms with Crippen LogP contribution in [0.3, 0.4) is 0 Å². The lowest BCUT2D eigenvalue weighted by atomic mass is 9.79. The SMILES string of the molecule is Cn1cc(CNC2CC(C)(C)NC(C)(C)C2)c(-c2cccs2)n1. The van der Waals surface area contributed by atoms with E-state index in [1.807, 2.05) is 11.7 Å². The molecule has 1 saturated heterocycles. The van der Waals surface area contributed by atoms with Crippen LogP contribution in [0.4, 0.5) is 0 Å². The summed E-state index contributed by atoms with van der Waals surface area (Å²) in [6.07, 6.45) is 4.43. The first-order chi connectivity index (χ1) is 10.7. The Hall–Kier alpha value is -1.17. The van der Waals surface area contributed by atoms with Crippen molar-refractivity contribution in [3.63, 3.8) is 0 Å². The summed E-state index contributed by atoms with van der Waals surface area (Å²) < 4.78 is 1.92. The normalized spacial score (nSPS) is 20.7. The fraction of sp³-hybridized carbons (Fsp3) is 0.611. The van der Waals surface area contributed by atoms with E-state index in [1.54, 1.807) is 11.3 Å². The maximum absolute atomic E-state index is 4.65. The van der Waals surface area contributed by atoms with Crippen molar-refractivity contribution in [2.75, 3.05) is 0 Å². The molecular formula is C18H28N4S. The van der Waals surface area contributed by atoms with Crippen LogP contribution in [0.1, 0.15) is 46.1 Å². The molecule has 23 heavy (non-hydrogen) atoms. The maximum atomic E-state index is 4.65. The van der Waals surface area contributed by atoms with E-state index < -0.39 is 0 Å². The van der Waals surface area contributed by atoms with Crippen LogP contribution >= 0.6 is 11.3 Å². The molecule has 1 aliphatic rings. The zero-order valence-electron chi connectivity index (χ0n) is 14.8. The molecule has 126 valence electrons. The molecule has 0 aromatic carbocycles. The van der Waals surface area contributed by atoms with Gasteiger partial charge in [-0.3, -0.25) is 4.68 Å². The standard InChI is InChI=1S/C18H28N4S/c1-17(2)9-14(10-18(3,4)21-17)19-11-13-12-22(5)20-16(13)15-7-6-8-23-15/h6-8,12,14,19,21H,9-11H2,1-5H3. The molecule has 3 rings (SSSR count). The third-order valence-electron chi connectivity index (χ3n) is 4.43. The van der Waals surface area contributed by atoms with E-state index in [9.17, 15) is 0 Å². The number of thiophene rings is 1. The van der Waals surface area contributed by atoms with Gasteiger partial charge in [0.05, 0.1) is 4.88 Å². The Kier molecular flexibility index (Phi) is 4.38. The van der Waals surface area contributed by atoms with Crippen LogP contribution < -0.4 is 10.6 Å². The first-order valence-corrected chi connectivity index (χ1v) is 9.21. The minimum absolute atomic E-state index is 0.172. The van der Waals surface area contributed by atoms with Gasteiger partial charge < -0.3 is 10.6 Å². The first kappa shape index (κ1) is 16.7. The van der Waals surface area contributed by atoms with Gasteiger partial charge in [-0.2, -0.15) is 5.10 Å². The van der Waals surface area contributed by atoms with Crippen molar-refractivity contribution in [1.82, 2.24) is 20.4 Å². The number of rotatable bonds is 4. The van der Waals surface area contributed by atoms with Gasteiger partial charge in [-0.25, -0.2) is 0 Å². The smallest absolute Gasteiger partial charge is 0.107 e. The van der Waals surface area contributed by atoms with Gasteiger partial charge in [0.1, 0.15) is 5.69 Å². The molecule has 0 bridgehead atoms. The van der Waals surface area contributed by atoms with Crippen LogP contribution in [0.25, 0.3) is 10.6 Å². The summed E-state index contributed by atoms with van der Waals surface area (Å²) in [5.41, 5.74) is 2.74. The highest BCUT2D eigenvalue weighted by atomic mass is 32.1. The Morgan fingerprint density at radius 3 is 2.61 bits per heavy atom. The van der Waals surface area contributed by atoms with Crippen LogP contribution in [-0.4, -0.2) is 26.9 Å². The van der Waals surface area contributed by atoms with Crippen LogP contribution in [-0.2, 0) is 13.6 Å². The second-order valence-electron chi connectivity index (χ2n) is 8.03. The monoisotopic (exact) mass is 332 g/mol. The van der Waals surface area contributed by atoms with Crippen LogP contribution in [0.5, 0.6) is 0 Å². The summed E-state index contributed by atoms with van der Waals surface area (Å²) in [6, 6.07) is 4.76. The summed E-state index contributed by atoms with van der Waals surface area (Å²) >= 11 is 1.75. The molecule has 0 aliphatic carbocycles. The topological polar surface area (TPSA) is 41.9 Å². The van der Waals surface area contributed by atoms with Crippen LogP contribution in [0, 0.1) is 0 Å². The van der Waals surface area contributed by atoms with Crippen LogP contribution in [0.15, 0.2) is 23.7 Å². The molecule has 0 saturated carbocycles. The van der Waals surface area contributed by atoms with Gasteiger partial charge in [0, 0.05) is 42.5 Å². The molecular weight excluding hydrogens is 304 g/mol. The maximum Gasteiger partial charge on any atom is 0.107 e. The number of piperidine rings is 1. The van der Waals surface area contributed by atoms with Crippen molar-refractivity contribution in [3.05, 3.63) is 29.3 Å². The lowest BCUT2D eigenvalue weighted by Crippen LogP contribution is -2.61. The van der Waals surface area contributed by atoms with Crippen molar-refractivity contribution in [2.24, 2.45) is 7.05 Å². The number of nitrogens with one attached hydrogen (secondary N) is 2. The summed E-state index contributed by atoms with van der Waals surface area (Å²) in [5.74, 6) is 0. The van der Waals surface area contributed by atoms with E-state index >= 15 is 0 Å². The van der Waals surface area contributed by atoms with E-state index in [1.165, 1.54) is 10.4 Å². The highest BCUT2D eigenvalue weighted by Crippen LogP contribution is 2.30. The second kappa shape index (κ2) is 6.04. The van der Waals surface area contributed by atoms with Gasteiger partial charge in [0.15, 0.2) is 0 Å². The molecule has 0 radical (unpaired) electrons. The van der Waals surface area contributed by atoms with Crippen molar-refractivity contribution >= 4 is 11.3 Å². The van der Waals surface area contributed by atoms with Crippen molar-refractivity contribution < 1.29 is 0 Å². The van der Waals surface area contributed by atoms with Crippen LogP contribution in [0.2, 0.25) is 0 Å². The molecule has 5 heteroatoms. The molecule has 2 N–H and O–H groups in total. The third-order valence-corrected chi connectivity index (χ3v) is 5.31. The zero-order chi connectivity index (χ0) is 16.7. The number of nitrogens with zero attached hydrogens (tertiary/aromatic N) is 2. The summed E-state index contributed by atoms with van der Waals surface area (Å²) in [5, 5.41) is 14.3. The zero-order valence-corrected chi connectivity index (χ0v) is 15.6. The lowest BCUT2D eigenvalue weighted by molar-refractivity contribution is 0.145. The molecule has 1 fully saturated rings. The van der Waals surface area contributed by atoms with E-state index in [2.05, 4.69) is 67.1 Å². The molecule has 0 atom stereocenters. The van der Waals surface area contributed by atoms with Gasteiger partial charge in [-0.15, -0.1) is 11.3 Å². The van der Waals surface area contributed by atoms with Gasteiger partial charge in [-0.05, 0) is 52.0 Å². The van der Waals surface area contributed by atoms with Gasteiger partial charge >= 0.3 is 0 Å². The van der Waals surface area contributed by atoms with Gasteiger partial charge in [0.25, 0.3) is 0 Å². The van der Waals surface area contributed by atoms with Crippen molar-refractivity contribution in [2.45, 2.75) is 64.2 Å². The molecule has 2 aromatic rings. The highest BCUT2D eigenvalue weighted by molar-refractivity contribution is 7.13.